The molecule has 1 fully saturated rings. The Labute approximate surface area is 86.7 Å². The minimum atomic E-state index is -0.972. The fourth-order valence-corrected chi connectivity index (χ4v) is 1.61. The van der Waals surface area contributed by atoms with E-state index < -0.39 is 17.7 Å². The van der Waals surface area contributed by atoms with Crippen molar-refractivity contribution < 1.29 is 14.6 Å². The van der Waals surface area contributed by atoms with Crippen molar-refractivity contribution in [1.29, 1.82) is 5.26 Å². The second kappa shape index (κ2) is 3.07. The molecule has 1 saturated heterocycles. The van der Waals surface area contributed by atoms with Gasteiger partial charge in [0.15, 0.2) is 6.10 Å². The van der Waals surface area contributed by atoms with E-state index in [2.05, 4.69) is 0 Å². The number of hydrogen-bond acceptors (Lipinski definition) is 3. The number of aliphatic carboxylic acids is 1. The van der Waals surface area contributed by atoms with Gasteiger partial charge in [-0.15, -0.1) is 0 Å². The molecule has 0 aromatic heterocycles. The van der Waals surface area contributed by atoms with Crippen molar-refractivity contribution in [3.63, 3.8) is 0 Å². The molecular weight excluding hydrogens is 194 g/mol. The molecule has 2 rings (SSSR count). The summed E-state index contributed by atoms with van der Waals surface area (Å²) in [6, 6.07) is 8.83. The number of carboxylic acids is 1. The second-order valence-electron chi connectivity index (χ2n) is 3.64. The molecule has 0 bridgehead atoms. The molecule has 1 aromatic carbocycles. The van der Waals surface area contributed by atoms with Crippen LogP contribution in [-0.4, -0.2) is 17.2 Å². The smallest absolute Gasteiger partial charge is 0.336 e. The number of carbonyl (C=O) groups is 1. The van der Waals surface area contributed by atoms with E-state index in [0.717, 1.165) is 5.56 Å². The third-order valence-corrected chi connectivity index (χ3v) is 2.59. The van der Waals surface area contributed by atoms with E-state index >= 15 is 0 Å². The zero-order chi connectivity index (χ0) is 11.1. The minimum absolute atomic E-state index is 0.508. The van der Waals surface area contributed by atoms with Gasteiger partial charge in [-0.3, -0.25) is 0 Å². The lowest BCUT2D eigenvalue weighted by Crippen LogP contribution is -2.15. The van der Waals surface area contributed by atoms with Crippen molar-refractivity contribution >= 4 is 5.97 Å². The van der Waals surface area contributed by atoms with Gasteiger partial charge in [-0.05, 0) is 24.6 Å². The van der Waals surface area contributed by atoms with Gasteiger partial charge in [-0.25, -0.2) is 4.79 Å². The number of benzene rings is 1. The summed E-state index contributed by atoms with van der Waals surface area (Å²) in [5.41, 5.74) is 0.459. The third-order valence-electron chi connectivity index (χ3n) is 2.59. The highest BCUT2D eigenvalue weighted by molar-refractivity contribution is 5.77. The first kappa shape index (κ1) is 9.69. The maximum Gasteiger partial charge on any atom is 0.336 e. The average molecular weight is 203 g/mol. The summed E-state index contributed by atoms with van der Waals surface area (Å²) >= 11 is 0. The van der Waals surface area contributed by atoms with E-state index in [1.165, 1.54) is 0 Å². The number of nitriles is 1. The van der Waals surface area contributed by atoms with Crippen molar-refractivity contribution in [3.8, 4) is 6.07 Å². The average Bonchev–Trinajstić information content (AvgIpc) is 2.93. The molecule has 2 atom stereocenters. The zero-order valence-electron chi connectivity index (χ0n) is 8.10. The van der Waals surface area contributed by atoms with Crippen molar-refractivity contribution in [2.75, 3.05) is 0 Å². The van der Waals surface area contributed by atoms with Crippen LogP contribution in [0.25, 0.3) is 0 Å². The van der Waals surface area contributed by atoms with Crippen molar-refractivity contribution in [2.24, 2.45) is 0 Å². The Bertz CT molecular complexity index is 463. The molecule has 1 N–H and O–H groups in total. The van der Waals surface area contributed by atoms with Crippen LogP contribution in [0.2, 0.25) is 0 Å². The lowest BCUT2D eigenvalue weighted by Gasteiger charge is -2.05. The van der Waals surface area contributed by atoms with Crippen LogP contribution in [0.1, 0.15) is 18.1 Å². The van der Waals surface area contributed by atoms with Gasteiger partial charge >= 0.3 is 5.97 Å². The Morgan fingerprint density at radius 1 is 1.67 bits per heavy atom. The molecule has 15 heavy (non-hydrogen) atoms. The van der Waals surface area contributed by atoms with Gasteiger partial charge in [0, 0.05) is 0 Å². The van der Waals surface area contributed by atoms with Gasteiger partial charge < -0.3 is 9.84 Å². The van der Waals surface area contributed by atoms with Crippen LogP contribution in [0.3, 0.4) is 0 Å². The van der Waals surface area contributed by atoms with E-state index in [4.69, 9.17) is 15.1 Å². The number of ether oxygens (including phenoxy) is 1. The van der Waals surface area contributed by atoms with E-state index in [1.807, 2.05) is 6.07 Å². The molecular formula is C11H9NO3. The van der Waals surface area contributed by atoms with E-state index in [9.17, 15) is 4.79 Å². The largest absolute Gasteiger partial charge is 0.479 e. The number of carboxylic acid groups (broad SMARTS) is 1. The van der Waals surface area contributed by atoms with Crippen LogP contribution in [0, 0.1) is 11.3 Å². The summed E-state index contributed by atoms with van der Waals surface area (Å²) in [4.78, 5) is 10.7. The molecule has 0 radical (unpaired) electrons. The monoisotopic (exact) mass is 203 g/mol. The fraction of sp³-hybridized carbons (Fsp3) is 0.273. The molecule has 0 aliphatic carbocycles. The summed E-state index contributed by atoms with van der Waals surface area (Å²) in [6.07, 6.45) is -0.800. The van der Waals surface area contributed by atoms with Crippen LogP contribution in [0.5, 0.6) is 0 Å². The topological polar surface area (TPSA) is 73.6 Å². The summed E-state index contributed by atoms with van der Waals surface area (Å²) < 4.78 is 5.14. The van der Waals surface area contributed by atoms with Crippen LogP contribution < -0.4 is 0 Å². The molecule has 4 nitrogen and oxygen atoms in total. The SMILES string of the molecule is CC1(c2cccc(C#N)c2)OC1C(=O)O. The Hall–Kier alpha value is -1.86. The first-order valence-corrected chi connectivity index (χ1v) is 4.49. The number of nitrogens with zero attached hydrogens (tertiary/aromatic N) is 1. The Kier molecular flexibility index (Phi) is 1.98. The van der Waals surface area contributed by atoms with Gasteiger partial charge in [-0.1, -0.05) is 12.1 Å². The van der Waals surface area contributed by atoms with Gasteiger partial charge in [0.2, 0.25) is 0 Å². The van der Waals surface area contributed by atoms with Crippen LogP contribution in [0.4, 0.5) is 0 Å². The molecule has 0 saturated carbocycles. The van der Waals surface area contributed by atoms with Crippen LogP contribution in [-0.2, 0) is 15.1 Å². The summed E-state index contributed by atoms with van der Waals surface area (Å²) in [5, 5.41) is 17.5. The van der Waals surface area contributed by atoms with Crippen LogP contribution in [0.15, 0.2) is 24.3 Å². The predicted molar refractivity (Wildman–Crippen MR) is 51.0 cm³/mol. The molecule has 0 spiro atoms. The highest BCUT2D eigenvalue weighted by Crippen LogP contribution is 2.45. The molecule has 1 aliphatic rings. The highest BCUT2D eigenvalue weighted by Gasteiger charge is 2.58. The summed E-state index contributed by atoms with van der Waals surface area (Å²) in [5.74, 6) is -0.972. The standard InChI is InChI=1S/C11H9NO3/c1-11(9(15-11)10(13)14)8-4-2-3-7(5-8)6-12/h2-5,9H,1H3,(H,13,14). The van der Waals surface area contributed by atoms with Crippen molar-refractivity contribution in [1.82, 2.24) is 0 Å². The normalized spacial score (nSPS) is 28.1. The Morgan fingerprint density at radius 2 is 2.40 bits per heavy atom. The minimum Gasteiger partial charge on any atom is -0.479 e. The van der Waals surface area contributed by atoms with E-state index in [1.54, 1.807) is 31.2 Å². The van der Waals surface area contributed by atoms with Gasteiger partial charge in [0.25, 0.3) is 0 Å². The molecule has 0 amide bonds. The molecule has 1 heterocycles. The summed E-state index contributed by atoms with van der Waals surface area (Å²) in [6.45, 7) is 1.71. The lowest BCUT2D eigenvalue weighted by molar-refractivity contribution is -0.138. The number of hydrogen-bond donors (Lipinski definition) is 1. The predicted octanol–water partition coefficient (Wildman–Crippen LogP) is 1.26. The fourth-order valence-electron chi connectivity index (χ4n) is 1.61. The second-order valence-corrected chi connectivity index (χ2v) is 3.64. The lowest BCUT2D eigenvalue weighted by atomic mass is 9.96. The van der Waals surface area contributed by atoms with E-state index in [-0.39, 0.29) is 0 Å². The molecule has 76 valence electrons. The molecule has 4 heteroatoms. The highest BCUT2D eigenvalue weighted by atomic mass is 16.6. The molecule has 2 unspecified atom stereocenters. The molecule has 1 aromatic rings. The Balaban J connectivity index is 2.33. The van der Waals surface area contributed by atoms with Crippen molar-refractivity contribution in [3.05, 3.63) is 35.4 Å². The number of rotatable bonds is 2. The quantitative estimate of drug-likeness (QED) is 0.734. The van der Waals surface area contributed by atoms with Crippen molar-refractivity contribution in [2.45, 2.75) is 18.6 Å². The molecule has 1 aliphatic heterocycles. The number of epoxide rings is 1. The van der Waals surface area contributed by atoms with Gasteiger partial charge in [-0.2, -0.15) is 5.26 Å². The third kappa shape index (κ3) is 1.47. The van der Waals surface area contributed by atoms with Crippen LogP contribution >= 0.6 is 0 Å². The first-order chi connectivity index (χ1) is 7.08. The zero-order valence-corrected chi connectivity index (χ0v) is 8.10. The first-order valence-electron chi connectivity index (χ1n) is 4.49. The van der Waals surface area contributed by atoms with E-state index in [0.29, 0.717) is 5.56 Å². The maximum atomic E-state index is 10.7. The van der Waals surface area contributed by atoms with Gasteiger partial charge in [0.05, 0.1) is 11.6 Å². The Morgan fingerprint density at radius 3 is 2.93 bits per heavy atom. The summed E-state index contributed by atoms with van der Waals surface area (Å²) in [7, 11) is 0. The van der Waals surface area contributed by atoms with Gasteiger partial charge in [0.1, 0.15) is 5.60 Å². The maximum absolute atomic E-state index is 10.7.